The van der Waals surface area contributed by atoms with Crippen molar-refractivity contribution in [3.63, 3.8) is 0 Å². The average molecular weight is 332 g/mol. The number of amides is 1. The van der Waals surface area contributed by atoms with E-state index in [1.807, 2.05) is 39.0 Å². The Morgan fingerprint density at radius 1 is 1.26 bits per heavy atom. The summed E-state index contributed by atoms with van der Waals surface area (Å²) in [5, 5.41) is 10.7. The molecule has 6 nitrogen and oxygen atoms in total. The van der Waals surface area contributed by atoms with Crippen molar-refractivity contribution in [3.05, 3.63) is 45.4 Å². The van der Waals surface area contributed by atoms with Gasteiger partial charge in [0, 0.05) is 5.69 Å². The summed E-state index contributed by atoms with van der Waals surface area (Å²) >= 11 is 1.21. The third-order valence-corrected chi connectivity index (χ3v) is 4.73. The van der Waals surface area contributed by atoms with Crippen LogP contribution in [0.15, 0.2) is 28.2 Å². The first-order valence-corrected chi connectivity index (χ1v) is 8.27. The predicted octanol–water partition coefficient (Wildman–Crippen LogP) is 2.60. The molecule has 122 valence electrons. The van der Waals surface area contributed by atoms with E-state index in [0.29, 0.717) is 17.3 Å². The maximum Gasteiger partial charge on any atom is 0.273 e. The lowest BCUT2D eigenvalue weighted by Crippen LogP contribution is -2.26. The molecule has 1 atom stereocenters. The third kappa shape index (κ3) is 4.19. The maximum atomic E-state index is 12.5. The molecule has 2 N–H and O–H groups in total. The number of anilines is 1. The summed E-state index contributed by atoms with van der Waals surface area (Å²) in [6.45, 7) is 7.42. The maximum absolute atomic E-state index is 12.5. The number of carbonyl (C=O) groups excluding carboxylic acids is 1. The van der Waals surface area contributed by atoms with Crippen LogP contribution < -0.4 is 10.9 Å². The average Bonchev–Trinajstić information content (AvgIpc) is 2.52. The quantitative estimate of drug-likeness (QED) is 0.822. The van der Waals surface area contributed by atoms with E-state index in [0.717, 1.165) is 16.8 Å². The highest BCUT2D eigenvalue weighted by Gasteiger charge is 2.20. The van der Waals surface area contributed by atoms with Gasteiger partial charge in [0.15, 0.2) is 5.16 Å². The molecule has 1 heterocycles. The van der Waals surface area contributed by atoms with Gasteiger partial charge in [-0.3, -0.25) is 14.6 Å². The van der Waals surface area contributed by atoms with E-state index in [-0.39, 0.29) is 16.7 Å². The molecule has 1 amide bonds. The van der Waals surface area contributed by atoms with E-state index >= 15 is 0 Å². The number of hydrogen-bond donors (Lipinski definition) is 2. The number of aryl methyl sites for hydroxylation is 3. The predicted molar refractivity (Wildman–Crippen MR) is 91.9 cm³/mol. The lowest BCUT2D eigenvalue weighted by molar-refractivity contribution is -0.115. The van der Waals surface area contributed by atoms with Gasteiger partial charge in [0.1, 0.15) is 5.69 Å². The highest BCUT2D eigenvalue weighted by atomic mass is 32.2. The molecule has 7 heteroatoms. The second-order valence-electron chi connectivity index (χ2n) is 5.32. The molecule has 0 fully saturated rings. The van der Waals surface area contributed by atoms with Gasteiger partial charge in [0.05, 0.1) is 5.25 Å². The van der Waals surface area contributed by atoms with Gasteiger partial charge in [-0.2, -0.15) is 0 Å². The number of aromatic amines is 1. The van der Waals surface area contributed by atoms with E-state index < -0.39 is 0 Å². The van der Waals surface area contributed by atoms with E-state index in [9.17, 15) is 9.59 Å². The van der Waals surface area contributed by atoms with Gasteiger partial charge >= 0.3 is 0 Å². The summed E-state index contributed by atoms with van der Waals surface area (Å²) < 4.78 is 0. The van der Waals surface area contributed by atoms with Crippen LogP contribution in [0, 0.1) is 20.8 Å². The van der Waals surface area contributed by atoms with Gasteiger partial charge in [-0.15, -0.1) is 10.2 Å². The molecule has 2 aromatic rings. The summed E-state index contributed by atoms with van der Waals surface area (Å²) in [6.07, 6.45) is 0.610. The summed E-state index contributed by atoms with van der Waals surface area (Å²) in [4.78, 5) is 26.8. The summed E-state index contributed by atoms with van der Waals surface area (Å²) in [5.74, 6) is -0.113. The zero-order valence-corrected chi connectivity index (χ0v) is 14.5. The summed E-state index contributed by atoms with van der Waals surface area (Å²) in [6, 6.07) is 5.87. The first kappa shape index (κ1) is 17.2. The van der Waals surface area contributed by atoms with Crippen LogP contribution >= 0.6 is 11.8 Å². The number of para-hydroxylation sites is 1. The number of benzene rings is 1. The molecular formula is C16H20N4O2S. The number of hydrogen-bond acceptors (Lipinski definition) is 5. The first-order chi connectivity index (χ1) is 10.9. The number of nitrogens with zero attached hydrogens (tertiary/aromatic N) is 2. The number of carbonyl (C=O) groups is 1. The Bertz CT molecular complexity index is 753. The fraction of sp³-hybridized carbons (Fsp3) is 0.375. The monoisotopic (exact) mass is 332 g/mol. The minimum absolute atomic E-state index is 0.113. The van der Waals surface area contributed by atoms with Crippen LogP contribution in [0.1, 0.15) is 30.2 Å². The molecule has 1 aromatic heterocycles. The van der Waals surface area contributed by atoms with Crippen molar-refractivity contribution in [1.82, 2.24) is 15.2 Å². The topological polar surface area (TPSA) is 87.7 Å². The Kier molecular flexibility index (Phi) is 5.54. The SMILES string of the molecule is CCC(Sc1nnc(C)c(=O)[nH]1)C(=O)Nc1c(C)cccc1C. The highest BCUT2D eigenvalue weighted by molar-refractivity contribution is 8.00. The largest absolute Gasteiger partial charge is 0.325 e. The third-order valence-electron chi connectivity index (χ3n) is 3.49. The number of thioether (sulfide) groups is 1. The van der Waals surface area contributed by atoms with Crippen LogP contribution in [-0.2, 0) is 4.79 Å². The standard InChI is InChI=1S/C16H20N4O2S/c1-5-12(23-16-18-14(21)11(4)19-20-16)15(22)17-13-9(2)7-6-8-10(13)3/h6-8,12H,5H2,1-4H3,(H,17,22)(H,18,20,21). The minimum Gasteiger partial charge on any atom is -0.325 e. The van der Waals surface area contributed by atoms with Crippen LogP contribution in [0.3, 0.4) is 0 Å². The van der Waals surface area contributed by atoms with Gasteiger partial charge in [-0.05, 0) is 38.3 Å². The van der Waals surface area contributed by atoms with Crippen LogP contribution in [0.4, 0.5) is 5.69 Å². The number of rotatable bonds is 5. The van der Waals surface area contributed by atoms with Crippen molar-refractivity contribution in [1.29, 1.82) is 0 Å². The van der Waals surface area contributed by atoms with Gasteiger partial charge < -0.3 is 5.32 Å². The molecule has 2 rings (SSSR count). The molecule has 0 radical (unpaired) electrons. The van der Waals surface area contributed by atoms with Crippen LogP contribution in [0.5, 0.6) is 0 Å². The van der Waals surface area contributed by atoms with E-state index in [2.05, 4.69) is 20.5 Å². The fourth-order valence-corrected chi connectivity index (χ4v) is 2.95. The molecular weight excluding hydrogens is 312 g/mol. The molecule has 1 unspecified atom stereocenters. The van der Waals surface area contributed by atoms with Gasteiger partial charge in [-0.1, -0.05) is 36.9 Å². The van der Waals surface area contributed by atoms with E-state index in [1.165, 1.54) is 11.8 Å². The Morgan fingerprint density at radius 3 is 2.48 bits per heavy atom. The minimum atomic E-state index is -0.360. The molecule has 0 aliphatic rings. The Morgan fingerprint density at radius 2 is 1.91 bits per heavy atom. The second kappa shape index (κ2) is 7.41. The van der Waals surface area contributed by atoms with Crippen molar-refractivity contribution < 1.29 is 4.79 Å². The molecule has 0 spiro atoms. The lowest BCUT2D eigenvalue weighted by Gasteiger charge is -2.16. The number of aromatic nitrogens is 3. The molecule has 0 saturated heterocycles. The van der Waals surface area contributed by atoms with E-state index in [1.54, 1.807) is 6.92 Å². The van der Waals surface area contributed by atoms with Gasteiger partial charge in [-0.25, -0.2) is 0 Å². The van der Waals surface area contributed by atoms with Crippen molar-refractivity contribution >= 4 is 23.4 Å². The van der Waals surface area contributed by atoms with Gasteiger partial charge in [0.25, 0.3) is 5.56 Å². The fourth-order valence-electron chi connectivity index (χ4n) is 2.10. The molecule has 0 aliphatic carbocycles. The molecule has 0 aliphatic heterocycles. The van der Waals surface area contributed by atoms with Crippen molar-refractivity contribution in [2.24, 2.45) is 0 Å². The Hall–Kier alpha value is -2.15. The first-order valence-electron chi connectivity index (χ1n) is 7.39. The van der Waals surface area contributed by atoms with Crippen molar-refractivity contribution in [2.75, 3.05) is 5.32 Å². The highest BCUT2D eigenvalue weighted by Crippen LogP contribution is 2.25. The molecule has 0 saturated carbocycles. The lowest BCUT2D eigenvalue weighted by atomic mass is 10.1. The van der Waals surface area contributed by atoms with Crippen molar-refractivity contribution in [3.8, 4) is 0 Å². The molecule has 0 bridgehead atoms. The van der Waals surface area contributed by atoms with Gasteiger partial charge in [0.2, 0.25) is 5.91 Å². The Labute approximate surface area is 139 Å². The Balaban J connectivity index is 2.15. The van der Waals surface area contributed by atoms with E-state index in [4.69, 9.17) is 0 Å². The summed E-state index contributed by atoms with van der Waals surface area (Å²) in [5.41, 5.74) is 2.89. The van der Waals surface area contributed by atoms with Crippen molar-refractivity contribution in [2.45, 2.75) is 44.5 Å². The zero-order valence-electron chi connectivity index (χ0n) is 13.6. The van der Waals surface area contributed by atoms with Crippen LogP contribution in [0.25, 0.3) is 0 Å². The van der Waals surface area contributed by atoms with Crippen LogP contribution in [-0.4, -0.2) is 26.3 Å². The normalized spacial score (nSPS) is 12.0. The second-order valence-corrected chi connectivity index (χ2v) is 6.51. The number of nitrogens with one attached hydrogen (secondary N) is 2. The number of H-pyrrole nitrogens is 1. The molecule has 1 aromatic carbocycles. The molecule has 23 heavy (non-hydrogen) atoms. The zero-order chi connectivity index (χ0) is 17.0. The van der Waals surface area contributed by atoms with Crippen LogP contribution in [0.2, 0.25) is 0 Å². The summed E-state index contributed by atoms with van der Waals surface area (Å²) in [7, 11) is 0. The smallest absolute Gasteiger partial charge is 0.273 e.